The van der Waals surface area contributed by atoms with Crippen LogP contribution in [-0.2, 0) is 0 Å². The minimum absolute atomic E-state index is 0. The van der Waals surface area contributed by atoms with E-state index in [2.05, 4.69) is 11.9 Å². The van der Waals surface area contributed by atoms with E-state index in [4.69, 9.17) is 11.6 Å². The summed E-state index contributed by atoms with van der Waals surface area (Å²) in [5, 5.41) is 2.65. The van der Waals surface area contributed by atoms with Crippen molar-refractivity contribution in [1.29, 1.82) is 0 Å². The molecule has 0 spiro atoms. The van der Waals surface area contributed by atoms with E-state index < -0.39 is 5.24 Å². The molecule has 0 saturated heterocycles. The summed E-state index contributed by atoms with van der Waals surface area (Å²) in [5.74, 6) is 0. The third kappa shape index (κ3) is 3.81. The van der Waals surface area contributed by atoms with Gasteiger partial charge in [-0.1, -0.05) is 6.08 Å². The highest BCUT2D eigenvalue weighted by atomic mass is 35.5. The van der Waals surface area contributed by atoms with E-state index in [0.29, 0.717) is 12.1 Å². The molecule has 2 nitrogen and oxygen atoms in total. The van der Waals surface area contributed by atoms with Gasteiger partial charge in [-0.25, -0.2) is 0 Å². The van der Waals surface area contributed by atoms with Crippen LogP contribution in [0.25, 0.3) is 0 Å². The number of hydrogen-bond acceptors (Lipinski definition) is 2. The average molecular weight is 232 g/mol. The molecule has 0 aliphatic carbocycles. The Labute approximate surface area is 94.4 Å². The van der Waals surface area contributed by atoms with Crippen molar-refractivity contribution in [3.05, 3.63) is 42.5 Å². The van der Waals surface area contributed by atoms with Crippen molar-refractivity contribution in [2.24, 2.45) is 0 Å². The van der Waals surface area contributed by atoms with Crippen LogP contribution in [0.1, 0.15) is 10.4 Å². The number of carbonyl (C=O) groups excluding carboxylic acids is 1. The fourth-order valence-corrected chi connectivity index (χ4v) is 1.04. The average Bonchev–Trinajstić information content (AvgIpc) is 2.15. The summed E-state index contributed by atoms with van der Waals surface area (Å²) in [5.41, 5.74) is 1.45. The Hall–Kier alpha value is -0.990. The van der Waals surface area contributed by atoms with Gasteiger partial charge in [-0.15, -0.1) is 19.0 Å². The lowest BCUT2D eigenvalue weighted by molar-refractivity contribution is 0.108. The van der Waals surface area contributed by atoms with Crippen molar-refractivity contribution < 1.29 is 4.79 Å². The first-order valence-corrected chi connectivity index (χ1v) is 4.26. The summed E-state index contributed by atoms with van der Waals surface area (Å²) in [6.07, 6.45) is 1.76. The van der Waals surface area contributed by atoms with Gasteiger partial charge in [0.25, 0.3) is 5.24 Å². The highest BCUT2D eigenvalue weighted by Crippen LogP contribution is 2.10. The standard InChI is InChI=1S/C10H10ClNO.ClH/c1-2-7-12-9-5-3-8(4-6-9)10(11)13;/h2-6,12H,1,7H2;1H. The molecule has 0 unspecified atom stereocenters. The minimum atomic E-state index is -0.435. The van der Waals surface area contributed by atoms with Gasteiger partial charge in [0, 0.05) is 17.8 Å². The maximum Gasteiger partial charge on any atom is 0.252 e. The number of anilines is 1. The molecular weight excluding hydrogens is 221 g/mol. The van der Waals surface area contributed by atoms with E-state index in [1.165, 1.54) is 0 Å². The minimum Gasteiger partial charge on any atom is -0.382 e. The molecule has 76 valence electrons. The molecule has 0 bridgehead atoms. The fourth-order valence-electron chi connectivity index (χ4n) is 0.909. The molecule has 1 aromatic carbocycles. The van der Waals surface area contributed by atoms with Crippen LogP contribution in [0.15, 0.2) is 36.9 Å². The molecule has 0 atom stereocenters. The van der Waals surface area contributed by atoms with Crippen LogP contribution < -0.4 is 5.32 Å². The second kappa shape index (κ2) is 6.46. The summed E-state index contributed by atoms with van der Waals surface area (Å²) in [6, 6.07) is 6.97. The summed E-state index contributed by atoms with van der Waals surface area (Å²) in [4.78, 5) is 10.7. The molecule has 0 heterocycles. The van der Waals surface area contributed by atoms with E-state index in [0.717, 1.165) is 5.69 Å². The molecule has 0 saturated carbocycles. The highest BCUT2D eigenvalue weighted by Gasteiger charge is 1.99. The van der Waals surface area contributed by atoms with E-state index in [1.54, 1.807) is 30.3 Å². The Morgan fingerprint density at radius 2 is 2.00 bits per heavy atom. The maximum atomic E-state index is 10.7. The summed E-state index contributed by atoms with van der Waals surface area (Å²) >= 11 is 5.28. The first-order valence-electron chi connectivity index (χ1n) is 3.88. The number of hydrogen-bond donors (Lipinski definition) is 1. The van der Waals surface area contributed by atoms with Gasteiger partial charge in [0.15, 0.2) is 0 Å². The van der Waals surface area contributed by atoms with Crippen molar-refractivity contribution in [1.82, 2.24) is 0 Å². The Balaban J connectivity index is 0.00000169. The number of benzene rings is 1. The monoisotopic (exact) mass is 231 g/mol. The highest BCUT2D eigenvalue weighted by molar-refractivity contribution is 6.67. The summed E-state index contributed by atoms with van der Waals surface area (Å²) in [7, 11) is 0. The normalized spacial score (nSPS) is 8.64. The third-order valence-corrected chi connectivity index (χ3v) is 1.78. The molecule has 4 heteroatoms. The van der Waals surface area contributed by atoms with E-state index >= 15 is 0 Å². The van der Waals surface area contributed by atoms with Crippen LogP contribution in [-0.4, -0.2) is 11.8 Å². The maximum absolute atomic E-state index is 10.7. The molecule has 1 aromatic rings. The fraction of sp³-hybridized carbons (Fsp3) is 0.100. The van der Waals surface area contributed by atoms with Crippen molar-refractivity contribution in [3.8, 4) is 0 Å². The topological polar surface area (TPSA) is 29.1 Å². The van der Waals surface area contributed by atoms with Gasteiger partial charge in [0.1, 0.15) is 0 Å². The molecule has 0 aromatic heterocycles. The largest absolute Gasteiger partial charge is 0.382 e. The van der Waals surface area contributed by atoms with Crippen LogP contribution in [0.4, 0.5) is 5.69 Å². The second-order valence-electron chi connectivity index (χ2n) is 2.52. The predicted octanol–water partition coefficient (Wildman–Crippen LogP) is 3.09. The second-order valence-corrected chi connectivity index (χ2v) is 2.86. The Kier molecular flexibility index (Phi) is 6.00. The summed E-state index contributed by atoms with van der Waals surface area (Å²) < 4.78 is 0. The molecule has 0 amide bonds. The molecule has 0 aliphatic heterocycles. The van der Waals surface area contributed by atoms with Gasteiger partial charge < -0.3 is 5.32 Å². The Morgan fingerprint density at radius 3 is 2.43 bits per heavy atom. The molecular formula is C10H11Cl2NO. The molecule has 1 N–H and O–H groups in total. The first-order chi connectivity index (χ1) is 6.24. The van der Waals surface area contributed by atoms with Crippen molar-refractivity contribution >= 4 is 34.9 Å². The lowest BCUT2D eigenvalue weighted by Gasteiger charge is -2.02. The number of carbonyl (C=O) groups is 1. The van der Waals surface area contributed by atoms with Gasteiger partial charge in [-0.3, -0.25) is 4.79 Å². The van der Waals surface area contributed by atoms with Crippen LogP contribution in [0.3, 0.4) is 0 Å². The van der Waals surface area contributed by atoms with Gasteiger partial charge in [-0.05, 0) is 35.9 Å². The van der Waals surface area contributed by atoms with Gasteiger partial charge in [0.2, 0.25) is 0 Å². The zero-order valence-corrected chi connectivity index (χ0v) is 9.07. The zero-order chi connectivity index (χ0) is 9.68. The smallest absolute Gasteiger partial charge is 0.252 e. The summed E-state index contributed by atoms with van der Waals surface area (Å²) in [6.45, 7) is 4.29. The predicted molar refractivity (Wildman–Crippen MR) is 62.6 cm³/mol. The van der Waals surface area contributed by atoms with Gasteiger partial charge >= 0.3 is 0 Å². The number of halogens is 2. The lowest BCUT2D eigenvalue weighted by atomic mass is 10.2. The number of nitrogens with one attached hydrogen (secondary N) is 1. The van der Waals surface area contributed by atoms with E-state index in [1.807, 2.05) is 0 Å². The molecule has 1 rings (SSSR count). The number of rotatable bonds is 4. The first kappa shape index (κ1) is 13.0. The van der Waals surface area contributed by atoms with Crippen LogP contribution in [0.5, 0.6) is 0 Å². The van der Waals surface area contributed by atoms with E-state index in [9.17, 15) is 4.79 Å². The van der Waals surface area contributed by atoms with Crippen molar-refractivity contribution in [2.45, 2.75) is 0 Å². The van der Waals surface area contributed by atoms with Crippen LogP contribution in [0, 0.1) is 0 Å². The SMILES string of the molecule is C=CCNc1ccc(C(=O)Cl)cc1.Cl. The van der Waals surface area contributed by atoms with Crippen LogP contribution in [0.2, 0.25) is 0 Å². The molecule has 0 fully saturated rings. The van der Waals surface area contributed by atoms with Crippen LogP contribution >= 0.6 is 24.0 Å². The quantitative estimate of drug-likeness (QED) is 0.638. The molecule has 0 aliphatic rings. The van der Waals surface area contributed by atoms with E-state index in [-0.39, 0.29) is 12.4 Å². The Bertz CT molecular complexity index is 308. The zero-order valence-electron chi connectivity index (χ0n) is 7.50. The Morgan fingerprint density at radius 1 is 1.43 bits per heavy atom. The molecule has 14 heavy (non-hydrogen) atoms. The van der Waals surface area contributed by atoms with Gasteiger partial charge in [0.05, 0.1) is 0 Å². The van der Waals surface area contributed by atoms with Crippen molar-refractivity contribution in [2.75, 3.05) is 11.9 Å². The lowest BCUT2D eigenvalue weighted by Crippen LogP contribution is -1.97. The van der Waals surface area contributed by atoms with Gasteiger partial charge in [-0.2, -0.15) is 0 Å². The third-order valence-electron chi connectivity index (χ3n) is 1.56. The van der Waals surface area contributed by atoms with Crippen molar-refractivity contribution in [3.63, 3.8) is 0 Å². The molecule has 0 radical (unpaired) electrons.